The largest absolute Gasteiger partial charge is 0.491 e. The third kappa shape index (κ3) is 2.44. The summed E-state index contributed by atoms with van der Waals surface area (Å²) in [5, 5.41) is 0. The Labute approximate surface area is 120 Å². The first kappa shape index (κ1) is 13.2. The van der Waals surface area contributed by atoms with Gasteiger partial charge in [0.05, 0.1) is 6.10 Å². The molecule has 1 atom stereocenters. The van der Waals surface area contributed by atoms with E-state index < -0.39 is 0 Å². The molecule has 2 aromatic carbocycles. The van der Waals surface area contributed by atoms with Gasteiger partial charge in [-0.25, -0.2) is 0 Å². The zero-order valence-corrected chi connectivity index (χ0v) is 12.1. The molecule has 3 rings (SSSR count). The lowest BCUT2D eigenvalue weighted by Crippen LogP contribution is -2.05. The van der Waals surface area contributed by atoms with Crippen molar-refractivity contribution in [2.75, 3.05) is 0 Å². The van der Waals surface area contributed by atoms with Gasteiger partial charge in [-0.05, 0) is 61.1 Å². The van der Waals surface area contributed by atoms with Crippen LogP contribution in [0.15, 0.2) is 42.5 Å². The van der Waals surface area contributed by atoms with Gasteiger partial charge in [0.25, 0.3) is 0 Å². The van der Waals surface area contributed by atoms with Gasteiger partial charge in [-0.15, -0.1) is 0 Å². The van der Waals surface area contributed by atoms with Crippen LogP contribution in [0.25, 0.3) is 11.1 Å². The van der Waals surface area contributed by atoms with Gasteiger partial charge in [-0.3, -0.25) is 0 Å². The standard InChI is InChI=1S/C18H21NO/c1-12(2)20-14-8-6-13(7-9-14)15-4-3-5-17-16(15)10-11-18(17)19/h3-9,12,18H,10-11,19H2,1-2H3. The lowest BCUT2D eigenvalue weighted by Gasteiger charge is -2.12. The van der Waals surface area contributed by atoms with E-state index in [1.807, 2.05) is 26.0 Å². The molecule has 0 fully saturated rings. The summed E-state index contributed by atoms with van der Waals surface area (Å²) < 4.78 is 5.69. The Kier molecular flexibility index (Phi) is 3.49. The molecular formula is C18H21NO. The van der Waals surface area contributed by atoms with Crippen molar-refractivity contribution in [3.63, 3.8) is 0 Å². The molecule has 0 saturated carbocycles. The van der Waals surface area contributed by atoms with Crippen LogP contribution in [0, 0.1) is 0 Å². The predicted molar refractivity (Wildman–Crippen MR) is 82.9 cm³/mol. The summed E-state index contributed by atoms with van der Waals surface area (Å²) in [5.41, 5.74) is 11.4. The highest BCUT2D eigenvalue weighted by Gasteiger charge is 2.21. The Morgan fingerprint density at radius 1 is 1.10 bits per heavy atom. The highest BCUT2D eigenvalue weighted by molar-refractivity contribution is 5.70. The molecule has 0 spiro atoms. The van der Waals surface area contributed by atoms with Crippen molar-refractivity contribution in [1.82, 2.24) is 0 Å². The van der Waals surface area contributed by atoms with Crippen molar-refractivity contribution in [3.8, 4) is 16.9 Å². The number of nitrogens with two attached hydrogens (primary N) is 1. The SMILES string of the molecule is CC(C)Oc1ccc(-c2cccc3c2CCC3N)cc1. The summed E-state index contributed by atoms with van der Waals surface area (Å²) in [6.07, 6.45) is 2.34. The van der Waals surface area contributed by atoms with Crippen molar-refractivity contribution in [2.45, 2.75) is 38.8 Å². The molecule has 1 aliphatic rings. The maximum Gasteiger partial charge on any atom is 0.119 e. The van der Waals surface area contributed by atoms with Crippen LogP contribution in [0.1, 0.15) is 37.4 Å². The maximum atomic E-state index is 6.15. The first-order chi connectivity index (χ1) is 9.65. The molecule has 2 aromatic rings. The van der Waals surface area contributed by atoms with E-state index in [1.165, 1.54) is 22.3 Å². The summed E-state index contributed by atoms with van der Waals surface area (Å²) in [7, 11) is 0. The van der Waals surface area contributed by atoms with Crippen molar-refractivity contribution >= 4 is 0 Å². The van der Waals surface area contributed by atoms with E-state index in [-0.39, 0.29) is 12.1 Å². The molecule has 20 heavy (non-hydrogen) atoms. The van der Waals surface area contributed by atoms with Gasteiger partial charge >= 0.3 is 0 Å². The quantitative estimate of drug-likeness (QED) is 0.909. The van der Waals surface area contributed by atoms with E-state index in [2.05, 4.69) is 30.3 Å². The lowest BCUT2D eigenvalue weighted by molar-refractivity contribution is 0.242. The van der Waals surface area contributed by atoms with Crippen LogP contribution in [0.4, 0.5) is 0 Å². The summed E-state index contributed by atoms with van der Waals surface area (Å²) in [4.78, 5) is 0. The lowest BCUT2D eigenvalue weighted by atomic mass is 9.96. The van der Waals surface area contributed by atoms with Crippen molar-refractivity contribution in [2.24, 2.45) is 5.73 Å². The fourth-order valence-corrected chi connectivity index (χ4v) is 2.94. The molecule has 0 amide bonds. The van der Waals surface area contributed by atoms with Gasteiger partial charge in [-0.1, -0.05) is 30.3 Å². The minimum absolute atomic E-state index is 0.202. The second-order valence-corrected chi connectivity index (χ2v) is 5.71. The van der Waals surface area contributed by atoms with Gasteiger partial charge in [0.1, 0.15) is 5.75 Å². The smallest absolute Gasteiger partial charge is 0.119 e. The van der Waals surface area contributed by atoms with Crippen molar-refractivity contribution in [1.29, 1.82) is 0 Å². The minimum Gasteiger partial charge on any atom is -0.491 e. The molecular weight excluding hydrogens is 246 g/mol. The Morgan fingerprint density at radius 2 is 1.85 bits per heavy atom. The average molecular weight is 267 g/mol. The summed E-state index contributed by atoms with van der Waals surface area (Å²) in [6, 6.07) is 15.0. The molecule has 2 N–H and O–H groups in total. The molecule has 0 saturated heterocycles. The summed E-state index contributed by atoms with van der Waals surface area (Å²) in [5.74, 6) is 0.924. The van der Waals surface area contributed by atoms with Crippen molar-refractivity contribution in [3.05, 3.63) is 53.6 Å². The molecule has 0 aliphatic heterocycles. The number of benzene rings is 2. The van der Waals surface area contributed by atoms with Crippen LogP contribution in [0.5, 0.6) is 5.75 Å². The van der Waals surface area contributed by atoms with Crippen molar-refractivity contribution < 1.29 is 4.74 Å². The average Bonchev–Trinajstić information content (AvgIpc) is 2.81. The Morgan fingerprint density at radius 3 is 2.55 bits per heavy atom. The Bertz CT molecular complexity index is 601. The van der Waals surface area contributed by atoms with Gasteiger partial charge in [0.2, 0.25) is 0 Å². The second kappa shape index (κ2) is 5.29. The highest BCUT2D eigenvalue weighted by atomic mass is 16.5. The number of hydrogen-bond donors (Lipinski definition) is 1. The molecule has 1 aliphatic carbocycles. The zero-order valence-electron chi connectivity index (χ0n) is 12.1. The van der Waals surface area contributed by atoms with Crippen LogP contribution in [0.3, 0.4) is 0 Å². The van der Waals surface area contributed by atoms with E-state index in [1.54, 1.807) is 0 Å². The number of rotatable bonds is 3. The first-order valence-electron chi connectivity index (χ1n) is 7.29. The fraction of sp³-hybridized carbons (Fsp3) is 0.333. The molecule has 104 valence electrons. The number of hydrogen-bond acceptors (Lipinski definition) is 2. The first-order valence-corrected chi connectivity index (χ1v) is 7.29. The van der Waals surface area contributed by atoms with Crippen LogP contribution in [0.2, 0.25) is 0 Å². The van der Waals surface area contributed by atoms with Crippen LogP contribution in [-0.4, -0.2) is 6.10 Å². The third-order valence-corrected chi connectivity index (χ3v) is 3.85. The molecule has 2 heteroatoms. The highest BCUT2D eigenvalue weighted by Crippen LogP contribution is 2.36. The Hall–Kier alpha value is -1.80. The van der Waals surface area contributed by atoms with Crippen LogP contribution in [-0.2, 0) is 6.42 Å². The molecule has 2 nitrogen and oxygen atoms in total. The normalized spacial score (nSPS) is 17.3. The molecule has 1 unspecified atom stereocenters. The number of fused-ring (bicyclic) bond motifs is 1. The summed E-state index contributed by atoms with van der Waals surface area (Å²) >= 11 is 0. The maximum absolute atomic E-state index is 6.15. The predicted octanol–water partition coefficient (Wildman–Crippen LogP) is 4.09. The summed E-state index contributed by atoms with van der Waals surface area (Å²) in [6.45, 7) is 4.08. The fourth-order valence-electron chi connectivity index (χ4n) is 2.94. The molecule has 0 radical (unpaired) electrons. The van der Waals surface area contributed by atoms with Gasteiger partial charge in [0, 0.05) is 6.04 Å². The topological polar surface area (TPSA) is 35.2 Å². The second-order valence-electron chi connectivity index (χ2n) is 5.71. The number of ether oxygens (including phenoxy) is 1. The van der Waals surface area contributed by atoms with E-state index in [9.17, 15) is 0 Å². The molecule has 0 aromatic heterocycles. The van der Waals surface area contributed by atoms with E-state index in [0.29, 0.717) is 0 Å². The molecule has 0 bridgehead atoms. The van der Waals surface area contributed by atoms with E-state index in [4.69, 9.17) is 10.5 Å². The minimum atomic E-state index is 0.202. The van der Waals surface area contributed by atoms with E-state index >= 15 is 0 Å². The zero-order chi connectivity index (χ0) is 14.1. The monoisotopic (exact) mass is 267 g/mol. The van der Waals surface area contributed by atoms with Gasteiger partial charge < -0.3 is 10.5 Å². The van der Waals surface area contributed by atoms with Crippen LogP contribution < -0.4 is 10.5 Å². The third-order valence-electron chi connectivity index (χ3n) is 3.85. The molecule has 0 heterocycles. The van der Waals surface area contributed by atoms with Gasteiger partial charge in [0.15, 0.2) is 0 Å². The van der Waals surface area contributed by atoms with Gasteiger partial charge in [-0.2, -0.15) is 0 Å². The Balaban J connectivity index is 1.94. The van der Waals surface area contributed by atoms with E-state index in [0.717, 1.165) is 18.6 Å². The van der Waals surface area contributed by atoms with Crippen LogP contribution >= 0.6 is 0 Å².